The van der Waals surface area contributed by atoms with Crippen molar-refractivity contribution in [1.29, 1.82) is 0 Å². The molecule has 0 radical (unpaired) electrons. The number of benzene rings is 2. The van der Waals surface area contributed by atoms with E-state index in [0.29, 0.717) is 18.9 Å². The fourth-order valence-electron chi connectivity index (χ4n) is 6.35. The molecule has 2 aliphatic rings. The molecule has 5 aromatic rings. The molecule has 0 aliphatic carbocycles. The SMILES string of the molecule is C1=Cc2cc3ccc(cc4nc(cc5ccc(cc1n2)[nH]5)C=C4)[nH]3.CCCCCCC(CCC(=O)OCC)c1cccc2ccccc12. The van der Waals surface area contributed by atoms with E-state index in [-0.39, 0.29) is 5.97 Å². The zero-order chi connectivity index (χ0) is 33.1. The molecule has 0 amide bonds. The number of hydrogen-bond acceptors (Lipinski definition) is 4. The second kappa shape index (κ2) is 16.1. The zero-order valence-corrected chi connectivity index (χ0v) is 27.9. The third kappa shape index (κ3) is 8.77. The molecular formula is C42H44N4O2. The summed E-state index contributed by atoms with van der Waals surface area (Å²) in [5, 5.41) is 2.61. The summed E-state index contributed by atoms with van der Waals surface area (Å²) in [5.41, 5.74) is 9.24. The van der Waals surface area contributed by atoms with E-state index in [1.807, 2.05) is 55.5 Å². The smallest absolute Gasteiger partial charge is 0.305 e. The van der Waals surface area contributed by atoms with Crippen LogP contribution >= 0.6 is 0 Å². The number of aromatic nitrogens is 4. The Kier molecular flexibility index (Phi) is 10.9. The lowest BCUT2D eigenvalue weighted by Gasteiger charge is -2.19. The van der Waals surface area contributed by atoms with Gasteiger partial charge in [0.1, 0.15) is 0 Å². The van der Waals surface area contributed by atoms with E-state index in [0.717, 1.165) is 57.7 Å². The number of carbonyl (C=O) groups is 1. The van der Waals surface area contributed by atoms with E-state index in [1.54, 1.807) is 0 Å². The van der Waals surface area contributed by atoms with Gasteiger partial charge in [0.2, 0.25) is 0 Å². The van der Waals surface area contributed by atoms with Crippen molar-refractivity contribution in [2.75, 3.05) is 6.61 Å². The predicted molar refractivity (Wildman–Crippen MR) is 200 cm³/mol. The summed E-state index contributed by atoms with van der Waals surface area (Å²) in [6, 6.07) is 31.5. The average molecular weight is 637 g/mol. The Morgan fingerprint density at radius 3 is 1.73 bits per heavy atom. The van der Waals surface area contributed by atoms with Crippen molar-refractivity contribution in [2.45, 2.75) is 64.7 Å². The summed E-state index contributed by atoms with van der Waals surface area (Å²) >= 11 is 0. The van der Waals surface area contributed by atoms with Crippen LogP contribution in [0.1, 0.15) is 93.1 Å². The van der Waals surface area contributed by atoms with Gasteiger partial charge in [-0.15, -0.1) is 0 Å². The molecule has 0 saturated carbocycles. The monoisotopic (exact) mass is 636 g/mol. The number of rotatable bonds is 10. The number of ether oxygens (including phenoxy) is 1. The van der Waals surface area contributed by atoms with Crippen LogP contribution in [0, 0.1) is 0 Å². The minimum absolute atomic E-state index is 0.0729. The van der Waals surface area contributed by atoms with Crippen LogP contribution in [0.4, 0.5) is 0 Å². The van der Waals surface area contributed by atoms with E-state index in [4.69, 9.17) is 4.74 Å². The number of nitrogens with one attached hydrogen (secondary N) is 2. The first kappa shape index (κ1) is 32.7. The van der Waals surface area contributed by atoms with Gasteiger partial charge in [-0.2, -0.15) is 0 Å². The van der Waals surface area contributed by atoms with Gasteiger partial charge in [-0.3, -0.25) is 4.79 Å². The number of esters is 1. The number of unbranched alkanes of at least 4 members (excludes halogenated alkanes) is 3. The molecule has 2 aromatic carbocycles. The molecule has 0 spiro atoms. The second-order valence-electron chi connectivity index (χ2n) is 12.4. The van der Waals surface area contributed by atoms with Crippen LogP contribution in [0.25, 0.3) is 57.1 Å². The van der Waals surface area contributed by atoms with Crippen LogP contribution in [0.3, 0.4) is 0 Å². The van der Waals surface area contributed by atoms with E-state index in [1.165, 1.54) is 42.0 Å². The highest BCUT2D eigenvalue weighted by Gasteiger charge is 2.16. The number of carbonyl (C=O) groups excluding carboxylic acids is 1. The summed E-state index contributed by atoms with van der Waals surface area (Å²) < 4.78 is 5.12. The third-order valence-electron chi connectivity index (χ3n) is 8.71. The maximum atomic E-state index is 11.8. The third-order valence-corrected chi connectivity index (χ3v) is 8.71. The van der Waals surface area contributed by atoms with Crippen molar-refractivity contribution in [3.63, 3.8) is 0 Å². The molecule has 2 N–H and O–H groups in total. The number of fused-ring (bicyclic) bond motifs is 9. The Bertz CT molecular complexity index is 1900. The first-order valence-corrected chi connectivity index (χ1v) is 17.2. The summed E-state index contributed by atoms with van der Waals surface area (Å²) in [6.45, 7) is 4.57. The van der Waals surface area contributed by atoms with Crippen molar-refractivity contribution in [1.82, 2.24) is 19.9 Å². The van der Waals surface area contributed by atoms with Crippen molar-refractivity contribution in [3.8, 4) is 0 Å². The first-order valence-electron chi connectivity index (χ1n) is 17.2. The van der Waals surface area contributed by atoms with Crippen molar-refractivity contribution in [2.24, 2.45) is 0 Å². The molecule has 3 aromatic heterocycles. The van der Waals surface area contributed by atoms with Crippen molar-refractivity contribution < 1.29 is 9.53 Å². The fourth-order valence-corrected chi connectivity index (χ4v) is 6.35. The molecular weight excluding hydrogens is 592 g/mol. The number of hydrogen-bond donors (Lipinski definition) is 2. The van der Waals surface area contributed by atoms with Gasteiger partial charge in [0.05, 0.1) is 29.4 Å². The summed E-state index contributed by atoms with van der Waals surface area (Å²) in [5.74, 6) is 0.355. The highest BCUT2D eigenvalue weighted by Crippen LogP contribution is 2.33. The quantitative estimate of drug-likeness (QED) is 0.116. The number of aromatic amines is 2. The highest BCUT2D eigenvalue weighted by molar-refractivity contribution is 5.86. The van der Waals surface area contributed by atoms with E-state index < -0.39 is 0 Å². The first-order chi connectivity index (χ1) is 23.6. The van der Waals surface area contributed by atoms with Gasteiger partial charge < -0.3 is 14.7 Å². The van der Waals surface area contributed by atoms with Gasteiger partial charge in [-0.25, -0.2) is 9.97 Å². The Morgan fingerprint density at radius 2 is 1.19 bits per heavy atom. The molecule has 6 nitrogen and oxygen atoms in total. The van der Waals surface area contributed by atoms with Gasteiger partial charge in [-0.05, 0) is 115 Å². The van der Waals surface area contributed by atoms with Crippen LogP contribution < -0.4 is 0 Å². The Morgan fingerprint density at radius 1 is 0.646 bits per heavy atom. The van der Waals surface area contributed by atoms with E-state index >= 15 is 0 Å². The molecule has 48 heavy (non-hydrogen) atoms. The van der Waals surface area contributed by atoms with Crippen LogP contribution in [0.15, 0.2) is 91.0 Å². The molecule has 0 fully saturated rings. The molecule has 0 saturated heterocycles. The molecule has 5 heterocycles. The van der Waals surface area contributed by atoms with Crippen molar-refractivity contribution >= 4 is 63.1 Å². The van der Waals surface area contributed by atoms with Gasteiger partial charge >= 0.3 is 5.97 Å². The van der Waals surface area contributed by atoms with Crippen LogP contribution in [-0.2, 0) is 9.53 Å². The van der Waals surface area contributed by atoms with Gasteiger partial charge in [0.15, 0.2) is 0 Å². The van der Waals surface area contributed by atoms with Gasteiger partial charge in [0, 0.05) is 28.5 Å². The van der Waals surface area contributed by atoms with Crippen molar-refractivity contribution in [3.05, 3.63) is 119 Å². The minimum atomic E-state index is -0.0729. The standard InChI is InChI=1S/C22H30O2.C20H14N4/c1-3-5-6-7-11-19(16-17-22(23)24-4-2)21-15-10-13-18-12-8-9-14-20(18)21;1-2-14-10-16-5-6-18(23-16)12-20-8-7-19(24-20)11-17-4-3-15(22-17)9-13(1)21-14/h8-10,12-15,19H,3-7,11,16-17H2,1-2H3;1-12,21,24H. The maximum absolute atomic E-state index is 11.8. The lowest BCUT2D eigenvalue weighted by atomic mass is 9.86. The minimum Gasteiger partial charge on any atom is -0.466 e. The summed E-state index contributed by atoms with van der Waals surface area (Å²) in [4.78, 5) is 27.8. The molecule has 8 bridgehead atoms. The molecule has 6 heteroatoms. The Labute approximate surface area is 282 Å². The summed E-state index contributed by atoms with van der Waals surface area (Å²) in [7, 11) is 0. The van der Waals surface area contributed by atoms with Crippen LogP contribution in [0.5, 0.6) is 0 Å². The van der Waals surface area contributed by atoms with E-state index in [2.05, 4.69) is 93.6 Å². The second-order valence-corrected chi connectivity index (χ2v) is 12.4. The van der Waals surface area contributed by atoms with Crippen LogP contribution in [0.2, 0.25) is 0 Å². The zero-order valence-electron chi connectivity index (χ0n) is 27.9. The fraction of sp³-hybridized carbons (Fsp3) is 0.262. The highest BCUT2D eigenvalue weighted by atomic mass is 16.5. The topological polar surface area (TPSA) is 83.7 Å². The van der Waals surface area contributed by atoms with E-state index in [9.17, 15) is 4.79 Å². The van der Waals surface area contributed by atoms with Crippen LogP contribution in [-0.4, -0.2) is 32.5 Å². The largest absolute Gasteiger partial charge is 0.466 e. The average Bonchev–Trinajstić information content (AvgIpc) is 3.92. The molecule has 244 valence electrons. The molecule has 1 unspecified atom stereocenters. The maximum Gasteiger partial charge on any atom is 0.305 e. The lowest BCUT2D eigenvalue weighted by Crippen LogP contribution is -2.08. The number of H-pyrrole nitrogens is 2. The lowest BCUT2D eigenvalue weighted by molar-refractivity contribution is -0.143. The molecule has 2 aliphatic heterocycles. The van der Waals surface area contributed by atoms with Gasteiger partial charge in [0.25, 0.3) is 0 Å². The summed E-state index contributed by atoms with van der Waals surface area (Å²) in [6.07, 6.45) is 15.7. The van der Waals surface area contributed by atoms with Gasteiger partial charge in [-0.1, -0.05) is 75.1 Å². The Hall–Kier alpha value is -5.23. The predicted octanol–water partition coefficient (Wildman–Crippen LogP) is 10.9. The molecule has 1 atom stereocenters. The normalized spacial score (nSPS) is 12.5. The number of nitrogens with zero attached hydrogens (tertiary/aromatic N) is 2. The molecule has 7 rings (SSSR count). The Balaban J connectivity index is 0.000000167.